The Balaban J connectivity index is 0.00000144. The molecular formula is C15H13ClN6. The second-order valence-corrected chi connectivity index (χ2v) is 4.79. The second-order valence-electron chi connectivity index (χ2n) is 4.79. The van der Waals surface area contributed by atoms with E-state index >= 15 is 0 Å². The van der Waals surface area contributed by atoms with Crippen LogP contribution in [0.15, 0.2) is 42.7 Å². The Kier molecular flexibility index (Phi) is 3.38. The highest BCUT2D eigenvalue weighted by Gasteiger charge is 2.16. The molecule has 0 bridgehead atoms. The zero-order valence-corrected chi connectivity index (χ0v) is 12.6. The van der Waals surface area contributed by atoms with Gasteiger partial charge in [0.05, 0.1) is 22.3 Å². The number of aromatic nitrogens is 5. The molecule has 0 radical (unpaired) electrons. The quantitative estimate of drug-likeness (QED) is 0.584. The van der Waals surface area contributed by atoms with Crippen molar-refractivity contribution in [2.45, 2.75) is 6.92 Å². The summed E-state index contributed by atoms with van der Waals surface area (Å²) in [6.45, 7) is 1.91. The summed E-state index contributed by atoms with van der Waals surface area (Å²) < 4.78 is 1.63. The molecule has 6 nitrogen and oxygen atoms in total. The van der Waals surface area contributed by atoms with Gasteiger partial charge in [-0.3, -0.25) is 0 Å². The first-order valence-corrected chi connectivity index (χ1v) is 6.56. The third kappa shape index (κ3) is 1.96. The first-order valence-electron chi connectivity index (χ1n) is 6.56. The van der Waals surface area contributed by atoms with E-state index < -0.39 is 0 Å². The maximum atomic E-state index is 6.31. The highest BCUT2D eigenvalue weighted by Crippen LogP contribution is 2.30. The van der Waals surface area contributed by atoms with Gasteiger partial charge in [-0.25, -0.2) is 15.0 Å². The van der Waals surface area contributed by atoms with Crippen LogP contribution in [0, 0.1) is 6.92 Å². The van der Waals surface area contributed by atoms with Crippen molar-refractivity contribution in [2.75, 3.05) is 5.73 Å². The number of hydrogen-bond acceptors (Lipinski definition) is 5. The molecule has 3 heterocycles. The summed E-state index contributed by atoms with van der Waals surface area (Å²) in [5.41, 5.74) is 9.32. The van der Waals surface area contributed by atoms with E-state index in [-0.39, 0.29) is 12.4 Å². The van der Waals surface area contributed by atoms with Gasteiger partial charge >= 0.3 is 0 Å². The minimum atomic E-state index is 0. The molecule has 2 N–H and O–H groups in total. The van der Waals surface area contributed by atoms with Gasteiger partial charge < -0.3 is 5.73 Å². The van der Waals surface area contributed by atoms with Crippen LogP contribution in [-0.2, 0) is 0 Å². The Labute approximate surface area is 132 Å². The molecule has 0 spiro atoms. The lowest BCUT2D eigenvalue weighted by Gasteiger charge is -2.04. The standard InChI is InChI=1S/C15H12N6.ClH/c1-9-12-13(16)10-5-2-3-6-11(10)19-14(12)21(20-9)15-17-7-4-8-18-15;/h2-8H,1H3,(H2,16,19);1H. The maximum absolute atomic E-state index is 6.31. The van der Waals surface area contributed by atoms with Crippen LogP contribution < -0.4 is 5.73 Å². The van der Waals surface area contributed by atoms with E-state index in [0.717, 1.165) is 22.0 Å². The van der Waals surface area contributed by atoms with Gasteiger partial charge in [0.15, 0.2) is 5.65 Å². The van der Waals surface area contributed by atoms with Crippen LogP contribution in [0.3, 0.4) is 0 Å². The number of rotatable bonds is 1. The summed E-state index contributed by atoms with van der Waals surface area (Å²) >= 11 is 0. The van der Waals surface area contributed by atoms with Gasteiger partial charge in [-0.15, -0.1) is 12.4 Å². The molecule has 0 aliphatic heterocycles. The van der Waals surface area contributed by atoms with Crippen LogP contribution in [0.2, 0.25) is 0 Å². The van der Waals surface area contributed by atoms with Gasteiger partial charge in [0.1, 0.15) is 0 Å². The summed E-state index contributed by atoms with van der Waals surface area (Å²) in [5, 5.41) is 6.27. The van der Waals surface area contributed by atoms with Gasteiger partial charge in [0, 0.05) is 17.8 Å². The summed E-state index contributed by atoms with van der Waals surface area (Å²) in [7, 11) is 0. The molecule has 0 fully saturated rings. The third-order valence-corrected chi connectivity index (χ3v) is 3.47. The van der Waals surface area contributed by atoms with Gasteiger partial charge in [-0.2, -0.15) is 9.78 Å². The molecule has 1 aromatic carbocycles. The Bertz CT molecular complexity index is 964. The summed E-state index contributed by atoms with van der Waals surface area (Å²) in [5.74, 6) is 0.484. The predicted molar refractivity (Wildman–Crippen MR) is 88.4 cm³/mol. The molecule has 0 saturated carbocycles. The van der Waals surface area contributed by atoms with E-state index in [0.29, 0.717) is 17.3 Å². The van der Waals surface area contributed by atoms with E-state index in [1.807, 2.05) is 31.2 Å². The number of nitrogen functional groups attached to an aromatic ring is 1. The Morgan fingerprint density at radius 1 is 1.05 bits per heavy atom. The van der Waals surface area contributed by atoms with Crippen molar-refractivity contribution in [3.8, 4) is 5.95 Å². The molecule has 0 aliphatic rings. The lowest BCUT2D eigenvalue weighted by Crippen LogP contribution is -2.03. The topological polar surface area (TPSA) is 82.5 Å². The molecule has 4 aromatic rings. The molecule has 3 aromatic heterocycles. The molecule has 7 heteroatoms. The number of halogens is 1. The van der Waals surface area contributed by atoms with Crippen molar-refractivity contribution in [3.63, 3.8) is 0 Å². The van der Waals surface area contributed by atoms with Crippen LogP contribution in [0.1, 0.15) is 5.69 Å². The van der Waals surface area contributed by atoms with Gasteiger partial charge in [-0.1, -0.05) is 18.2 Å². The lowest BCUT2D eigenvalue weighted by molar-refractivity contribution is 0.812. The SMILES string of the molecule is Cc1nn(-c2ncccn2)c2nc3ccccc3c(N)c12.Cl. The monoisotopic (exact) mass is 312 g/mol. The molecule has 22 heavy (non-hydrogen) atoms. The fourth-order valence-corrected chi connectivity index (χ4v) is 2.52. The number of para-hydroxylation sites is 1. The van der Waals surface area contributed by atoms with E-state index in [4.69, 9.17) is 5.73 Å². The highest BCUT2D eigenvalue weighted by molar-refractivity contribution is 6.06. The number of aryl methyl sites for hydroxylation is 1. The van der Waals surface area contributed by atoms with Crippen LogP contribution >= 0.6 is 12.4 Å². The zero-order valence-electron chi connectivity index (χ0n) is 11.8. The van der Waals surface area contributed by atoms with E-state index in [9.17, 15) is 0 Å². The maximum Gasteiger partial charge on any atom is 0.252 e. The molecule has 0 saturated heterocycles. The minimum Gasteiger partial charge on any atom is -0.398 e. The Morgan fingerprint density at radius 3 is 2.55 bits per heavy atom. The number of nitrogens with zero attached hydrogens (tertiary/aromatic N) is 5. The third-order valence-electron chi connectivity index (χ3n) is 3.47. The van der Waals surface area contributed by atoms with Crippen molar-refractivity contribution >= 4 is 40.0 Å². The first kappa shape index (κ1) is 14.2. The number of anilines is 1. The number of pyridine rings is 1. The molecule has 0 aliphatic carbocycles. The Morgan fingerprint density at radius 2 is 1.77 bits per heavy atom. The predicted octanol–water partition coefficient (Wildman–Crippen LogP) is 2.68. The molecule has 0 amide bonds. The molecule has 110 valence electrons. The molecule has 0 unspecified atom stereocenters. The number of nitrogens with two attached hydrogens (primary N) is 1. The fourth-order valence-electron chi connectivity index (χ4n) is 2.52. The molecular weight excluding hydrogens is 300 g/mol. The summed E-state index contributed by atoms with van der Waals surface area (Å²) in [6.07, 6.45) is 3.35. The van der Waals surface area contributed by atoms with Gasteiger partial charge in [0.2, 0.25) is 0 Å². The largest absolute Gasteiger partial charge is 0.398 e. The minimum absolute atomic E-state index is 0. The second kappa shape index (κ2) is 5.23. The highest BCUT2D eigenvalue weighted by atomic mass is 35.5. The summed E-state index contributed by atoms with van der Waals surface area (Å²) in [6, 6.07) is 9.55. The van der Waals surface area contributed by atoms with Crippen LogP contribution in [0.5, 0.6) is 0 Å². The number of hydrogen-bond donors (Lipinski definition) is 1. The van der Waals surface area contributed by atoms with E-state index in [1.165, 1.54) is 0 Å². The van der Waals surface area contributed by atoms with E-state index in [1.54, 1.807) is 23.1 Å². The van der Waals surface area contributed by atoms with Crippen LogP contribution in [-0.4, -0.2) is 24.7 Å². The average Bonchev–Trinajstić information content (AvgIpc) is 2.86. The average molecular weight is 313 g/mol. The van der Waals surface area contributed by atoms with Crippen LogP contribution in [0.25, 0.3) is 27.9 Å². The van der Waals surface area contributed by atoms with Gasteiger partial charge in [0.25, 0.3) is 5.95 Å². The van der Waals surface area contributed by atoms with Gasteiger partial charge in [-0.05, 0) is 19.1 Å². The smallest absolute Gasteiger partial charge is 0.252 e. The first-order chi connectivity index (χ1) is 10.3. The van der Waals surface area contributed by atoms with Crippen LogP contribution in [0.4, 0.5) is 5.69 Å². The zero-order chi connectivity index (χ0) is 14.4. The number of benzene rings is 1. The van der Waals surface area contributed by atoms with Crippen molar-refractivity contribution in [2.24, 2.45) is 0 Å². The normalized spacial score (nSPS) is 10.8. The fraction of sp³-hybridized carbons (Fsp3) is 0.0667. The van der Waals surface area contributed by atoms with Crippen molar-refractivity contribution in [1.29, 1.82) is 0 Å². The number of fused-ring (bicyclic) bond motifs is 2. The molecule has 4 rings (SSSR count). The Hall–Kier alpha value is -2.73. The molecule has 0 atom stereocenters. The summed E-state index contributed by atoms with van der Waals surface area (Å²) in [4.78, 5) is 13.1. The van der Waals surface area contributed by atoms with Crippen molar-refractivity contribution < 1.29 is 0 Å². The van der Waals surface area contributed by atoms with Crippen molar-refractivity contribution in [3.05, 3.63) is 48.4 Å². The van der Waals surface area contributed by atoms with E-state index in [2.05, 4.69) is 20.1 Å². The van der Waals surface area contributed by atoms with Crippen molar-refractivity contribution in [1.82, 2.24) is 24.7 Å². The lowest BCUT2D eigenvalue weighted by atomic mass is 10.1.